The normalized spacial score (nSPS) is 16.7. The van der Waals surface area contributed by atoms with E-state index in [9.17, 15) is 14.7 Å². The van der Waals surface area contributed by atoms with Crippen molar-refractivity contribution in [2.45, 2.75) is 39.0 Å². The second-order valence-corrected chi connectivity index (χ2v) is 6.66. The highest BCUT2D eigenvalue weighted by molar-refractivity contribution is 6.05. The molecule has 126 valence electrons. The first-order valence-electron chi connectivity index (χ1n) is 8.40. The molecule has 5 nitrogen and oxygen atoms in total. The van der Waals surface area contributed by atoms with Gasteiger partial charge in [-0.15, -0.1) is 0 Å². The van der Waals surface area contributed by atoms with Crippen LogP contribution in [0.25, 0.3) is 10.9 Å². The molecule has 1 saturated carbocycles. The van der Waals surface area contributed by atoms with Crippen molar-refractivity contribution in [2.24, 2.45) is 5.41 Å². The fraction of sp³-hybridized carbons (Fsp3) is 0.421. The molecule has 1 aliphatic carbocycles. The van der Waals surface area contributed by atoms with Crippen LogP contribution in [0.4, 0.5) is 0 Å². The number of hydrogen-bond acceptors (Lipinski definition) is 3. The molecule has 0 radical (unpaired) electrons. The third kappa shape index (κ3) is 3.11. The first-order chi connectivity index (χ1) is 11.5. The van der Waals surface area contributed by atoms with E-state index in [-0.39, 0.29) is 12.5 Å². The minimum atomic E-state index is -0.832. The Kier molecular flexibility index (Phi) is 4.51. The monoisotopic (exact) mass is 326 g/mol. The van der Waals surface area contributed by atoms with Gasteiger partial charge >= 0.3 is 5.97 Å². The van der Waals surface area contributed by atoms with Crippen LogP contribution in [0.1, 0.15) is 48.2 Å². The summed E-state index contributed by atoms with van der Waals surface area (Å²) in [6, 6.07) is 9.32. The highest BCUT2D eigenvalue weighted by atomic mass is 16.4. The Morgan fingerprint density at radius 3 is 2.62 bits per heavy atom. The lowest BCUT2D eigenvalue weighted by Crippen LogP contribution is -2.44. The predicted molar refractivity (Wildman–Crippen MR) is 92.0 cm³/mol. The number of aromatic nitrogens is 1. The van der Waals surface area contributed by atoms with Crippen LogP contribution in [0.2, 0.25) is 0 Å². The summed E-state index contributed by atoms with van der Waals surface area (Å²) in [6.45, 7) is 2.05. The summed E-state index contributed by atoms with van der Waals surface area (Å²) in [6.07, 6.45) is 4.11. The van der Waals surface area contributed by atoms with Crippen LogP contribution in [-0.4, -0.2) is 28.5 Å². The number of fused-ring (bicyclic) bond motifs is 1. The van der Waals surface area contributed by atoms with Gasteiger partial charge in [-0.3, -0.25) is 14.6 Å². The van der Waals surface area contributed by atoms with Crippen molar-refractivity contribution in [3.63, 3.8) is 0 Å². The van der Waals surface area contributed by atoms with Crippen molar-refractivity contribution in [3.8, 4) is 0 Å². The summed E-state index contributed by atoms with van der Waals surface area (Å²) in [5.41, 5.74) is 1.16. The van der Waals surface area contributed by atoms with E-state index in [0.29, 0.717) is 23.9 Å². The maximum absolute atomic E-state index is 12.6. The van der Waals surface area contributed by atoms with E-state index in [4.69, 9.17) is 0 Å². The van der Waals surface area contributed by atoms with Crippen LogP contribution < -0.4 is 5.32 Å². The summed E-state index contributed by atoms with van der Waals surface area (Å²) >= 11 is 0. The first kappa shape index (κ1) is 16.4. The predicted octanol–water partition coefficient (Wildman–Crippen LogP) is 3.31. The van der Waals surface area contributed by atoms with Crippen LogP contribution in [-0.2, 0) is 4.79 Å². The molecule has 2 N–H and O–H groups in total. The highest BCUT2D eigenvalue weighted by Gasteiger charge is 2.39. The third-order valence-corrected chi connectivity index (χ3v) is 4.96. The number of pyridine rings is 1. The molecule has 0 saturated heterocycles. The van der Waals surface area contributed by atoms with E-state index < -0.39 is 11.4 Å². The van der Waals surface area contributed by atoms with Crippen LogP contribution >= 0.6 is 0 Å². The zero-order chi connectivity index (χ0) is 17.2. The van der Waals surface area contributed by atoms with Gasteiger partial charge in [0.25, 0.3) is 5.91 Å². The van der Waals surface area contributed by atoms with Crippen LogP contribution in [0.15, 0.2) is 30.3 Å². The lowest BCUT2D eigenvalue weighted by atomic mass is 9.74. The number of rotatable bonds is 4. The summed E-state index contributed by atoms with van der Waals surface area (Å²) in [7, 11) is 0. The van der Waals surface area contributed by atoms with Crippen molar-refractivity contribution in [1.82, 2.24) is 10.3 Å². The SMILES string of the molecule is Cc1ccc2cccc(C(=O)NCC3(C(=O)O)CCCCC3)c2n1. The number of nitrogens with one attached hydrogen (secondary N) is 1. The van der Waals surface area contributed by atoms with Crippen molar-refractivity contribution < 1.29 is 14.7 Å². The zero-order valence-corrected chi connectivity index (χ0v) is 13.8. The summed E-state index contributed by atoms with van der Waals surface area (Å²) in [4.78, 5) is 28.8. The lowest BCUT2D eigenvalue weighted by Gasteiger charge is -2.33. The number of carbonyl (C=O) groups is 2. The highest BCUT2D eigenvalue weighted by Crippen LogP contribution is 2.36. The zero-order valence-electron chi connectivity index (χ0n) is 13.8. The number of carboxylic acid groups (broad SMARTS) is 1. The van der Waals surface area contributed by atoms with Gasteiger partial charge in [0.05, 0.1) is 16.5 Å². The maximum atomic E-state index is 12.6. The molecule has 5 heteroatoms. The fourth-order valence-corrected chi connectivity index (χ4v) is 3.47. The largest absolute Gasteiger partial charge is 0.481 e. The van der Waals surface area contributed by atoms with E-state index in [2.05, 4.69) is 10.3 Å². The van der Waals surface area contributed by atoms with Crippen molar-refractivity contribution in [1.29, 1.82) is 0 Å². The van der Waals surface area contributed by atoms with E-state index in [1.807, 2.05) is 31.2 Å². The number of aryl methyl sites for hydroxylation is 1. The van der Waals surface area contributed by atoms with Gasteiger partial charge in [0, 0.05) is 17.6 Å². The Balaban J connectivity index is 1.82. The Morgan fingerprint density at radius 1 is 1.17 bits per heavy atom. The van der Waals surface area contributed by atoms with Gasteiger partial charge in [0.2, 0.25) is 0 Å². The number of aliphatic carboxylic acids is 1. The minimum absolute atomic E-state index is 0.170. The molecule has 24 heavy (non-hydrogen) atoms. The molecule has 0 bridgehead atoms. The molecule has 0 aliphatic heterocycles. The lowest BCUT2D eigenvalue weighted by molar-refractivity contribution is -0.150. The van der Waals surface area contributed by atoms with Crippen molar-refractivity contribution >= 4 is 22.8 Å². The minimum Gasteiger partial charge on any atom is -0.481 e. The second kappa shape index (κ2) is 6.59. The quantitative estimate of drug-likeness (QED) is 0.903. The average Bonchev–Trinajstić information content (AvgIpc) is 2.59. The number of hydrogen-bond donors (Lipinski definition) is 2. The number of carboxylic acids is 1. The molecule has 1 aromatic heterocycles. The number of amides is 1. The van der Waals surface area contributed by atoms with Gasteiger partial charge < -0.3 is 10.4 Å². The fourth-order valence-electron chi connectivity index (χ4n) is 3.47. The Labute approximate surface area is 141 Å². The van der Waals surface area contributed by atoms with Crippen molar-refractivity contribution in [2.75, 3.05) is 6.54 Å². The molecule has 3 rings (SSSR count). The number of para-hydroxylation sites is 1. The van der Waals surface area contributed by atoms with Gasteiger partial charge in [-0.05, 0) is 31.9 Å². The third-order valence-electron chi connectivity index (χ3n) is 4.96. The summed E-state index contributed by atoms with van der Waals surface area (Å²) in [5, 5.41) is 13.4. The molecule has 0 atom stereocenters. The first-order valence-corrected chi connectivity index (χ1v) is 8.40. The molecule has 1 heterocycles. The molecule has 0 spiro atoms. The number of benzene rings is 1. The molecule has 1 amide bonds. The van der Waals surface area contributed by atoms with Crippen LogP contribution in [0, 0.1) is 12.3 Å². The second-order valence-electron chi connectivity index (χ2n) is 6.66. The topological polar surface area (TPSA) is 79.3 Å². The maximum Gasteiger partial charge on any atom is 0.311 e. The summed E-state index contributed by atoms with van der Waals surface area (Å²) in [5.74, 6) is -1.07. The Morgan fingerprint density at radius 2 is 1.92 bits per heavy atom. The Bertz CT molecular complexity index is 779. The van der Waals surface area contributed by atoms with Crippen molar-refractivity contribution in [3.05, 3.63) is 41.6 Å². The number of nitrogens with zero attached hydrogens (tertiary/aromatic N) is 1. The van der Waals surface area contributed by atoms with Gasteiger partial charge in [-0.2, -0.15) is 0 Å². The molecule has 1 fully saturated rings. The van der Waals surface area contributed by atoms with Gasteiger partial charge in [-0.1, -0.05) is 37.5 Å². The van der Waals surface area contributed by atoms with Crippen LogP contribution in [0.3, 0.4) is 0 Å². The van der Waals surface area contributed by atoms with E-state index in [1.165, 1.54) is 0 Å². The smallest absolute Gasteiger partial charge is 0.311 e. The Hall–Kier alpha value is -2.43. The van der Waals surface area contributed by atoms with Crippen LogP contribution in [0.5, 0.6) is 0 Å². The van der Waals surface area contributed by atoms with E-state index in [1.54, 1.807) is 6.07 Å². The average molecular weight is 326 g/mol. The molecule has 1 aliphatic rings. The van der Waals surface area contributed by atoms with Gasteiger partial charge in [0.15, 0.2) is 0 Å². The van der Waals surface area contributed by atoms with E-state index >= 15 is 0 Å². The van der Waals surface area contributed by atoms with Gasteiger partial charge in [0.1, 0.15) is 0 Å². The molecule has 0 unspecified atom stereocenters. The standard InChI is InChI=1S/C19H22N2O3/c1-13-8-9-14-6-5-7-15(16(14)21-13)17(22)20-12-19(18(23)24)10-3-2-4-11-19/h5-9H,2-4,10-12H2,1H3,(H,20,22)(H,23,24). The van der Waals surface area contributed by atoms with E-state index in [0.717, 1.165) is 30.3 Å². The molecular formula is C19H22N2O3. The van der Waals surface area contributed by atoms with Gasteiger partial charge in [-0.25, -0.2) is 0 Å². The molecular weight excluding hydrogens is 304 g/mol. The summed E-state index contributed by atoms with van der Waals surface area (Å²) < 4.78 is 0. The molecule has 2 aromatic rings. The molecule has 1 aromatic carbocycles. The number of carbonyl (C=O) groups excluding carboxylic acids is 1.